The third-order valence-electron chi connectivity index (χ3n) is 2.70. The van der Waals surface area contributed by atoms with E-state index in [1.54, 1.807) is 36.4 Å². The zero-order valence-electron chi connectivity index (χ0n) is 11.1. The minimum absolute atomic E-state index is 0.174. The molecule has 0 spiro atoms. The second kappa shape index (κ2) is 7.27. The van der Waals surface area contributed by atoms with Gasteiger partial charge in [0.25, 0.3) is 5.91 Å². The summed E-state index contributed by atoms with van der Waals surface area (Å²) in [5, 5.41) is 15.0. The van der Waals surface area contributed by atoms with Gasteiger partial charge >= 0.3 is 0 Å². The topological polar surface area (TPSA) is 77.8 Å². The third-order valence-corrected chi connectivity index (χ3v) is 2.93. The van der Waals surface area contributed by atoms with Crippen LogP contribution in [0.4, 0.5) is 5.82 Å². The van der Waals surface area contributed by atoms with Gasteiger partial charge in [-0.15, -0.1) is 0 Å². The Labute approximate surface area is 127 Å². The number of nitrogens with zero attached hydrogens (tertiary/aromatic N) is 2. The van der Waals surface area contributed by atoms with Crippen LogP contribution in [0.1, 0.15) is 15.9 Å². The Balaban J connectivity index is 1.76. The summed E-state index contributed by atoms with van der Waals surface area (Å²) in [6.45, 7) is 0.984. The lowest BCUT2D eigenvalue weighted by molar-refractivity contribution is 0.0955. The van der Waals surface area contributed by atoms with E-state index in [9.17, 15) is 4.79 Å². The Morgan fingerprint density at radius 1 is 1.29 bits per heavy atom. The fourth-order valence-electron chi connectivity index (χ4n) is 1.66. The number of hydrogen-bond acceptors (Lipinski definition) is 4. The number of anilines is 1. The molecular weight excluding hydrogens is 288 g/mol. The summed E-state index contributed by atoms with van der Waals surface area (Å²) in [4.78, 5) is 15.9. The maximum Gasteiger partial charge on any atom is 0.251 e. The van der Waals surface area contributed by atoms with Crippen molar-refractivity contribution in [2.24, 2.45) is 0 Å². The molecule has 0 aliphatic carbocycles. The van der Waals surface area contributed by atoms with Gasteiger partial charge in [-0.1, -0.05) is 17.7 Å². The van der Waals surface area contributed by atoms with Crippen LogP contribution in [0.25, 0.3) is 0 Å². The van der Waals surface area contributed by atoms with Gasteiger partial charge in [0.2, 0.25) is 0 Å². The number of aromatic nitrogens is 1. The zero-order valence-corrected chi connectivity index (χ0v) is 11.9. The number of carbonyl (C=O) groups excluding carboxylic acids is 1. The van der Waals surface area contributed by atoms with Crippen LogP contribution in [0.2, 0.25) is 5.02 Å². The molecule has 5 nitrogen and oxygen atoms in total. The van der Waals surface area contributed by atoms with E-state index in [1.807, 2.05) is 6.07 Å². The van der Waals surface area contributed by atoms with E-state index >= 15 is 0 Å². The highest BCUT2D eigenvalue weighted by Gasteiger charge is 2.04. The third kappa shape index (κ3) is 4.48. The number of amides is 1. The molecular formula is C15H13ClN4O. The standard InChI is InChI=1S/C15H13ClN4O/c16-13-3-1-2-12(8-13)15(21)19-7-6-18-14-5-4-11(9-17)10-20-14/h1-5,8,10H,6-7H2,(H,18,20)(H,19,21). The van der Waals surface area contributed by atoms with Crippen LogP contribution in [0.15, 0.2) is 42.6 Å². The van der Waals surface area contributed by atoms with Crippen molar-refractivity contribution in [2.75, 3.05) is 18.4 Å². The van der Waals surface area contributed by atoms with Crippen LogP contribution in [0.3, 0.4) is 0 Å². The van der Waals surface area contributed by atoms with Gasteiger partial charge in [0.15, 0.2) is 0 Å². The van der Waals surface area contributed by atoms with E-state index in [0.29, 0.717) is 35.1 Å². The Morgan fingerprint density at radius 3 is 2.81 bits per heavy atom. The lowest BCUT2D eigenvalue weighted by Crippen LogP contribution is -2.28. The van der Waals surface area contributed by atoms with Gasteiger partial charge < -0.3 is 10.6 Å². The molecule has 0 saturated carbocycles. The summed E-state index contributed by atoms with van der Waals surface area (Å²) in [5.41, 5.74) is 1.04. The van der Waals surface area contributed by atoms with E-state index in [0.717, 1.165) is 0 Å². The van der Waals surface area contributed by atoms with Gasteiger partial charge in [0, 0.05) is 29.9 Å². The lowest BCUT2D eigenvalue weighted by Gasteiger charge is -2.07. The first-order valence-electron chi connectivity index (χ1n) is 6.33. The number of halogens is 1. The summed E-state index contributed by atoms with van der Waals surface area (Å²) in [5.74, 6) is 0.484. The largest absolute Gasteiger partial charge is 0.368 e. The average Bonchev–Trinajstić information content (AvgIpc) is 2.52. The molecule has 0 aliphatic rings. The molecule has 1 heterocycles. The molecule has 1 aromatic carbocycles. The van der Waals surface area contributed by atoms with Crippen LogP contribution in [0.5, 0.6) is 0 Å². The van der Waals surface area contributed by atoms with Crippen molar-refractivity contribution >= 4 is 23.3 Å². The van der Waals surface area contributed by atoms with Crippen molar-refractivity contribution in [3.8, 4) is 6.07 Å². The SMILES string of the molecule is N#Cc1ccc(NCCNC(=O)c2cccc(Cl)c2)nc1. The molecule has 2 N–H and O–H groups in total. The van der Waals surface area contributed by atoms with E-state index in [1.165, 1.54) is 6.20 Å². The van der Waals surface area contributed by atoms with Gasteiger partial charge in [-0.25, -0.2) is 4.98 Å². The summed E-state index contributed by atoms with van der Waals surface area (Å²) in [6.07, 6.45) is 1.49. The quantitative estimate of drug-likeness (QED) is 0.831. The minimum Gasteiger partial charge on any atom is -0.368 e. The highest BCUT2D eigenvalue weighted by molar-refractivity contribution is 6.30. The number of nitrogens with one attached hydrogen (secondary N) is 2. The first-order chi connectivity index (χ1) is 10.2. The number of carbonyl (C=O) groups is 1. The number of benzene rings is 1. The molecule has 106 valence electrons. The number of nitriles is 1. The minimum atomic E-state index is -0.174. The monoisotopic (exact) mass is 300 g/mol. The molecule has 2 rings (SSSR count). The molecule has 6 heteroatoms. The van der Waals surface area contributed by atoms with Gasteiger partial charge in [-0.2, -0.15) is 5.26 Å². The molecule has 0 saturated heterocycles. The van der Waals surface area contributed by atoms with Crippen molar-refractivity contribution in [3.05, 3.63) is 58.7 Å². The fourth-order valence-corrected chi connectivity index (χ4v) is 1.85. The van der Waals surface area contributed by atoms with Crippen LogP contribution in [-0.2, 0) is 0 Å². The zero-order chi connectivity index (χ0) is 15.1. The fraction of sp³-hybridized carbons (Fsp3) is 0.133. The first-order valence-corrected chi connectivity index (χ1v) is 6.70. The maximum absolute atomic E-state index is 11.8. The second-order valence-electron chi connectivity index (χ2n) is 4.24. The molecule has 0 radical (unpaired) electrons. The number of pyridine rings is 1. The van der Waals surface area contributed by atoms with Crippen molar-refractivity contribution in [3.63, 3.8) is 0 Å². The van der Waals surface area contributed by atoms with Gasteiger partial charge in [0.05, 0.1) is 5.56 Å². The maximum atomic E-state index is 11.8. The van der Waals surface area contributed by atoms with E-state index in [2.05, 4.69) is 15.6 Å². The highest BCUT2D eigenvalue weighted by atomic mass is 35.5. The first kappa shape index (κ1) is 14.8. The lowest BCUT2D eigenvalue weighted by atomic mass is 10.2. The second-order valence-corrected chi connectivity index (χ2v) is 4.67. The molecule has 21 heavy (non-hydrogen) atoms. The van der Waals surface area contributed by atoms with Crippen LogP contribution in [0, 0.1) is 11.3 Å². The van der Waals surface area contributed by atoms with Gasteiger partial charge in [0.1, 0.15) is 11.9 Å². The molecule has 0 bridgehead atoms. The van der Waals surface area contributed by atoms with Gasteiger partial charge in [-0.05, 0) is 30.3 Å². The molecule has 1 aromatic heterocycles. The van der Waals surface area contributed by atoms with Crippen molar-refractivity contribution in [2.45, 2.75) is 0 Å². The van der Waals surface area contributed by atoms with Crippen molar-refractivity contribution in [1.29, 1.82) is 5.26 Å². The molecule has 0 unspecified atom stereocenters. The number of rotatable bonds is 5. The van der Waals surface area contributed by atoms with Crippen molar-refractivity contribution in [1.82, 2.24) is 10.3 Å². The average molecular weight is 301 g/mol. The molecule has 0 atom stereocenters. The predicted octanol–water partition coefficient (Wildman–Crippen LogP) is 2.45. The Hall–Kier alpha value is -2.58. The molecule has 0 fully saturated rings. The Morgan fingerprint density at radius 2 is 2.14 bits per heavy atom. The smallest absolute Gasteiger partial charge is 0.251 e. The van der Waals surface area contributed by atoms with Crippen LogP contribution in [-0.4, -0.2) is 24.0 Å². The summed E-state index contributed by atoms with van der Waals surface area (Å²) in [7, 11) is 0. The Kier molecular flexibility index (Phi) is 5.13. The van der Waals surface area contributed by atoms with E-state index in [-0.39, 0.29) is 5.91 Å². The number of hydrogen-bond donors (Lipinski definition) is 2. The normalized spacial score (nSPS) is 9.71. The van der Waals surface area contributed by atoms with E-state index < -0.39 is 0 Å². The molecule has 2 aromatic rings. The van der Waals surface area contributed by atoms with Crippen LogP contribution >= 0.6 is 11.6 Å². The van der Waals surface area contributed by atoms with E-state index in [4.69, 9.17) is 16.9 Å². The summed E-state index contributed by atoms with van der Waals surface area (Å²) < 4.78 is 0. The summed E-state index contributed by atoms with van der Waals surface area (Å²) in [6, 6.07) is 12.2. The summed E-state index contributed by atoms with van der Waals surface area (Å²) >= 11 is 5.83. The molecule has 0 aliphatic heterocycles. The van der Waals surface area contributed by atoms with Gasteiger partial charge in [-0.3, -0.25) is 4.79 Å². The predicted molar refractivity (Wildman–Crippen MR) is 81.2 cm³/mol. The molecule has 1 amide bonds. The highest BCUT2D eigenvalue weighted by Crippen LogP contribution is 2.10. The Bertz CT molecular complexity index is 664. The van der Waals surface area contributed by atoms with Crippen LogP contribution < -0.4 is 10.6 Å². The van der Waals surface area contributed by atoms with Crippen molar-refractivity contribution < 1.29 is 4.79 Å².